The van der Waals surface area contributed by atoms with Crippen LogP contribution in [0.3, 0.4) is 0 Å². The summed E-state index contributed by atoms with van der Waals surface area (Å²) in [5.41, 5.74) is 4.36. The Bertz CT molecular complexity index is 1840. The van der Waals surface area contributed by atoms with Crippen molar-refractivity contribution in [2.45, 2.75) is 36.7 Å². The van der Waals surface area contributed by atoms with Gasteiger partial charge in [-0.1, -0.05) is 47.1 Å². The third-order valence-electron chi connectivity index (χ3n) is 8.07. The summed E-state index contributed by atoms with van der Waals surface area (Å²) in [5, 5.41) is 7.89. The van der Waals surface area contributed by atoms with Crippen molar-refractivity contribution in [3.05, 3.63) is 94.6 Å². The highest BCUT2D eigenvalue weighted by Gasteiger charge is 2.54. The number of benzene rings is 3. The van der Waals surface area contributed by atoms with Crippen molar-refractivity contribution in [2.24, 2.45) is 0 Å². The van der Waals surface area contributed by atoms with Crippen LogP contribution in [0.5, 0.6) is 0 Å². The molecule has 0 unspecified atom stereocenters. The number of carbonyl (C=O) groups is 1. The van der Waals surface area contributed by atoms with Crippen LogP contribution in [0.25, 0.3) is 21.5 Å². The topological polar surface area (TPSA) is 101 Å². The first kappa shape index (κ1) is 29.8. The molecule has 10 nitrogen and oxygen atoms in total. The van der Waals surface area contributed by atoms with Gasteiger partial charge in [0, 0.05) is 31.0 Å². The fraction of sp³-hybridized carbons (Fsp3) is 0.290. The van der Waals surface area contributed by atoms with E-state index in [1.54, 1.807) is 12.6 Å². The standard InChI is InChI=1S/C31H26ClF2N5O5S/c1-38(18-8-9-21-24(12-18)45-15-35-21)30(40)29-28(41-2)26(27-23(43-29)14-42-31(44-27)16-6-4-3-5-7-16)39-13-22(36-37-39)17-10-19(33)25(32)20(34)11-17/h3-13,15,23,26-29,31H,14H2,1-2H3/t23-,26+,27+,28-,29-,31+/m1/s1. The smallest absolute Gasteiger partial charge is 0.258 e. The Labute approximate surface area is 265 Å². The molecule has 0 aliphatic carbocycles. The van der Waals surface area contributed by atoms with E-state index in [1.165, 1.54) is 34.2 Å². The van der Waals surface area contributed by atoms with Crippen molar-refractivity contribution in [1.82, 2.24) is 20.0 Å². The monoisotopic (exact) mass is 653 g/mol. The molecule has 5 aromatic rings. The number of amides is 1. The molecule has 0 radical (unpaired) electrons. The summed E-state index contributed by atoms with van der Waals surface area (Å²) in [6.45, 7) is 0.118. The molecule has 0 N–H and O–H groups in total. The second-order valence-electron chi connectivity index (χ2n) is 10.7. The van der Waals surface area contributed by atoms with E-state index in [0.717, 1.165) is 27.9 Å². The van der Waals surface area contributed by atoms with Crippen LogP contribution in [0.2, 0.25) is 5.02 Å². The lowest BCUT2D eigenvalue weighted by molar-refractivity contribution is -0.314. The van der Waals surface area contributed by atoms with Gasteiger partial charge in [0.2, 0.25) is 0 Å². The van der Waals surface area contributed by atoms with Gasteiger partial charge in [-0.2, -0.15) is 0 Å². The molecule has 2 saturated heterocycles. The first-order chi connectivity index (χ1) is 21.8. The maximum absolute atomic E-state index is 14.3. The lowest BCUT2D eigenvalue weighted by Gasteiger charge is -2.49. The molecule has 3 aromatic carbocycles. The van der Waals surface area contributed by atoms with Crippen LogP contribution in [0.4, 0.5) is 14.5 Å². The second kappa shape index (κ2) is 12.2. The van der Waals surface area contributed by atoms with Gasteiger partial charge >= 0.3 is 0 Å². The van der Waals surface area contributed by atoms with Gasteiger partial charge in [0.05, 0.1) is 28.5 Å². The molecule has 0 saturated carbocycles. The van der Waals surface area contributed by atoms with Crippen molar-refractivity contribution < 1.29 is 32.5 Å². The number of aromatic nitrogens is 4. The van der Waals surface area contributed by atoms with E-state index in [1.807, 2.05) is 48.5 Å². The average Bonchev–Trinajstić information content (AvgIpc) is 3.75. The number of hydrogen-bond acceptors (Lipinski definition) is 9. The minimum Gasteiger partial charge on any atom is -0.376 e. The van der Waals surface area contributed by atoms with Crippen LogP contribution in [-0.2, 0) is 23.7 Å². The van der Waals surface area contributed by atoms with Crippen LogP contribution in [-0.4, -0.2) is 71.1 Å². The van der Waals surface area contributed by atoms with E-state index in [2.05, 4.69) is 15.3 Å². The van der Waals surface area contributed by atoms with Crippen LogP contribution >= 0.6 is 22.9 Å². The Morgan fingerprint density at radius 3 is 2.64 bits per heavy atom. The SMILES string of the molecule is CO[C@@H]1[C@@H](n2cc(-c3cc(F)c(Cl)c(F)c3)nn2)[C@H]2O[C@@H](c3ccccc3)OC[C@H]2O[C@H]1C(=O)N(C)c1ccc2ncsc2c1. The minimum atomic E-state index is -1.10. The maximum Gasteiger partial charge on any atom is 0.258 e. The number of hydrogen-bond donors (Lipinski definition) is 0. The van der Waals surface area contributed by atoms with E-state index in [4.69, 9.17) is 30.5 Å². The molecule has 1 amide bonds. The predicted octanol–water partition coefficient (Wildman–Crippen LogP) is 5.59. The summed E-state index contributed by atoms with van der Waals surface area (Å²) in [6.07, 6.45) is -2.59. The zero-order chi connectivity index (χ0) is 31.2. The molecule has 14 heteroatoms. The van der Waals surface area contributed by atoms with Gasteiger partial charge < -0.3 is 23.8 Å². The molecule has 2 aromatic heterocycles. The Morgan fingerprint density at radius 2 is 1.89 bits per heavy atom. The fourth-order valence-electron chi connectivity index (χ4n) is 5.77. The largest absolute Gasteiger partial charge is 0.376 e. The van der Waals surface area contributed by atoms with Gasteiger partial charge in [0.1, 0.15) is 46.7 Å². The lowest BCUT2D eigenvalue weighted by atomic mass is 9.90. The van der Waals surface area contributed by atoms with Crippen LogP contribution in [0.15, 0.2) is 72.4 Å². The Morgan fingerprint density at radius 1 is 1.11 bits per heavy atom. The summed E-state index contributed by atoms with van der Waals surface area (Å²) < 4.78 is 55.9. The van der Waals surface area contributed by atoms with Crippen LogP contribution in [0, 0.1) is 11.6 Å². The number of fused-ring (bicyclic) bond motifs is 2. The molecule has 0 spiro atoms. The molecule has 6 atom stereocenters. The highest BCUT2D eigenvalue weighted by Crippen LogP contribution is 2.41. The number of ether oxygens (including phenoxy) is 4. The van der Waals surface area contributed by atoms with Crippen LogP contribution in [0.1, 0.15) is 17.9 Å². The van der Waals surface area contributed by atoms with Gasteiger partial charge in [-0.3, -0.25) is 4.79 Å². The molecule has 232 valence electrons. The molecular formula is C31H26ClF2N5O5S. The number of thiazole rings is 1. The summed E-state index contributed by atoms with van der Waals surface area (Å²) >= 11 is 7.17. The Hall–Kier alpha value is -3.85. The number of likely N-dealkylation sites (N-methyl/N-ethyl adjacent to an activating group) is 1. The third-order valence-corrected chi connectivity index (χ3v) is 9.22. The highest BCUT2D eigenvalue weighted by atomic mass is 35.5. The van der Waals surface area contributed by atoms with Gasteiger partial charge in [0.15, 0.2) is 12.4 Å². The van der Waals surface area contributed by atoms with Crippen molar-refractivity contribution in [3.63, 3.8) is 0 Å². The number of nitrogens with zero attached hydrogens (tertiary/aromatic N) is 5. The minimum absolute atomic E-state index is 0.118. The molecule has 4 heterocycles. The van der Waals surface area contributed by atoms with E-state index in [-0.39, 0.29) is 23.8 Å². The molecule has 2 fully saturated rings. The Kier molecular flexibility index (Phi) is 8.06. The molecule has 2 aliphatic rings. The number of rotatable bonds is 6. The predicted molar refractivity (Wildman–Crippen MR) is 162 cm³/mol. The second-order valence-corrected chi connectivity index (χ2v) is 12.0. The number of carbonyl (C=O) groups excluding carboxylic acids is 1. The highest BCUT2D eigenvalue weighted by molar-refractivity contribution is 7.16. The third kappa shape index (κ3) is 5.49. The summed E-state index contributed by atoms with van der Waals surface area (Å²) in [5.74, 6) is -2.21. The van der Waals surface area contributed by atoms with E-state index in [0.29, 0.717) is 5.69 Å². The van der Waals surface area contributed by atoms with Crippen molar-refractivity contribution in [2.75, 3.05) is 25.7 Å². The lowest BCUT2D eigenvalue weighted by Crippen LogP contribution is -2.63. The average molecular weight is 654 g/mol. The zero-order valence-electron chi connectivity index (χ0n) is 23.9. The fourth-order valence-corrected chi connectivity index (χ4v) is 6.59. The van der Waals surface area contributed by atoms with E-state index in [9.17, 15) is 13.6 Å². The summed E-state index contributed by atoms with van der Waals surface area (Å²) in [4.78, 5) is 19.9. The van der Waals surface area contributed by atoms with Crippen molar-refractivity contribution >= 4 is 44.7 Å². The number of halogens is 3. The van der Waals surface area contributed by atoms with Crippen molar-refractivity contribution in [3.8, 4) is 11.3 Å². The summed E-state index contributed by atoms with van der Waals surface area (Å²) in [7, 11) is 3.14. The molecule has 45 heavy (non-hydrogen) atoms. The van der Waals surface area contributed by atoms with Gasteiger partial charge in [-0.05, 0) is 30.3 Å². The van der Waals surface area contributed by atoms with Gasteiger partial charge in [-0.25, -0.2) is 18.4 Å². The first-order valence-corrected chi connectivity index (χ1v) is 15.3. The number of methoxy groups -OCH3 is 1. The Balaban J connectivity index is 1.25. The maximum atomic E-state index is 14.3. The molecule has 2 aliphatic heterocycles. The van der Waals surface area contributed by atoms with Crippen molar-refractivity contribution in [1.29, 1.82) is 0 Å². The quantitative estimate of drug-likeness (QED) is 0.219. The molecular weight excluding hydrogens is 628 g/mol. The first-order valence-electron chi connectivity index (χ1n) is 14.0. The van der Waals surface area contributed by atoms with Crippen LogP contribution < -0.4 is 4.90 Å². The van der Waals surface area contributed by atoms with Gasteiger partial charge in [0.25, 0.3) is 5.91 Å². The molecule has 0 bridgehead atoms. The van der Waals surface area contributed by atoms with Gasteiger partial charge in [-0.15, -0.1) is 16.4 Å². The van der Waals surface area contributed by atoms with E-state index < -0.39 is 53.4 Å². The zero-order valence-corrected chi connectivity index (χ0v) is 25.5. The summed E-state index contributed by atoms with van der Waals surface area (Å²) in [6, 6.07) is 16.4. The van der Waals surface area contributed by atoms with E-state index >= 15 is 0 Å². The normalized spacial score (nSPS) is 24.8. The molecule has 7 rings (SSSR count). The number of anilines is 1.